The zero-order chi connectivity index (χ0) is 18.8. The van der Waals surface area contributed by atoms with Crippen molar-refractivity contribution in [2.75, 3.05) is 13.7 Å². The van der Waals surface area contributed by atoms with E-state index in [4.69, 9.17) is 4.74 Å². The SMILES string of the molecule is COc1ccc(CCN2Cc3cnc(-c4ccccc4Br)n3CC2=O)cc1. The van der Waals surface area contributed by atoms with Crippen molar-refractivity contribution >= 4 is 21.8 Å². The number of fused-ring (bicyclic) bond motifs is 1. The molecule has 0 bridgehead atoms. The summed E-state index contributed by atoms with van der Waals surface area (Å²) in [6.45, 7) is 1.61. The van der Waals surface area contributed by atoms with Gasteiger partial charge in [-0.25, -0.2) is 4.98 Å². The number of halogens is 1. The normalized spacial score (nSPS) is 13.6. The van der Waals surface area contributed by atoms with E-state index in [0.717, 1.165) is 33.7 Å². The molecular weight excluding hydrogens is 406 g/mol. The topological polar surface area (TPSA) is 47.4 Å². The third-order valence-corrected chi connectivity index (χ3v) is 5.57. The molecule has 2 heterocycles. The largest absolute Gasteiger partial charge is 0.497 e. The highest BCUT2D eigenvalue weighted by atomic mass is 79.9. The van der Waals surface area contributed by atoms with E-state index in [2.05, 4.69) is 20.9 Å². The first-order valence-electron chi connectivity index (χ1n) is 8.85. The van der Waals surface area contributed by atoms with Crippen LogP contribution in [-0.2, 0) is 24.3 Å². The van der Waals surface area contributed by atoms with Crippen LogP contribution in [0.3, 0.4) is 0 Å². The van der Waals surface area contributed by atoms with Gasteiger partial charge in [-0.3, -0.25) is 4.79 Å². The van der Waals surface area contributed by atoms with Crippen LogP contribution < -0.4 is 4.74 Å². The molecule has 0 aliphatic carbocycles. The Balaban J connectivity index is 1.49. The van der Waals surface area contributed by atoms with E-state index in [1.807, 2.05) is 64.2 Å². The number of ether oxygens (including phenoxy) is 1. The van der Waals surface area contributed by atoms with E-state index in [0.29, 0.717) is 19.6 Å². The van der Waals surface area contributed by atoms with Gasteiger partial charge in [-0.2, -0.15) is 0 Å². The zero-order valence-corrected chi connectivity index (χ0v) is 16.6. The number of methoxy groups -OCH3 is 1. The lowest BCUT2D eigenvalue weighted by atomic mass is 10.1. The average Bonchev–Trinajstić information content (AvgIpc) is 3.09. The van der Waals surface area contributed by atoms with Crippen molar-refractivity contribution < 1.29 is 9.53 Å². The van der Waals surface area contributed by atoms with Crippen LogP contribution in [0.4, 0.5) is 0 Å². The van der Waals surface area contributed by atoms with Gasteiger partial charge in [-0.1, -0.05) is 46.3 Å². The average molecular weight is 426 g/mol. The summed E-state index contributed by atoms with van der Waals surface area (Å²) in [5.74, 6) is 1.80. The molecule has 2 aromatic carbocycles. The van der Waals surface area contributed by atoms with Crippen LogP contribution in [0.25, 0.3) is 11.4 Å². The fraction of sp³-hybridized carbons (Fsp3) is 0.238. The van der Waals surface area contributed by atoms with Gasteiger partial charge >= 0.3 is 0 Å². The molecule has 0 saturated heterocycles. The molecule has 138 valence electrons. The Bertz CT molecular complexity index is 966. The summed E-state index contributed by atoms with van der Waals surface area (Å²) in [6.07, 6.45) is 2.70. The lowest BCUT2D eigenvalue weighted by Crippen LogP contribution is -2.40. The molecule has 0 saturated carbocycles. The van der Waals surface area contributed by atoms with Crippen LogP contribution in [0.1, 0.15) is 11.3 Å². The number of hydrogen-bond donors (Lipinski definition) is 0. The Morgan fingerprint density at radius 3 is 2.63 bits per heavy atom. The van der Waals surface area contributed by atoms with Crippen LogP contribution in [-0.4, -0.2) is 34.0 Å². The summed E-state index contributed by atoms with van der Waals surface area (Å²) in [4.78, 5) is 19.2. The van der Waals surface area contributed by atoms with Crippen LogP contribution >= 0.6 is 15.9 Å². The van der Waals surface area contributed by atoms with Crippen molar-refractivity contribution in [1.82, 2.24) is 14.5 Å². The molecule has 0 radical (unpaired) electrons. The fourth-order valence-corrected chi connectivity index (χ4v) is 3.81. The molecule has 1 aliphatic rings. The van der Waals surface area contributed by atoms with Gasteiger partial charge in [0.25, 0.3) is 0 Å². The second kappa shape index (κ2) is 7.56. The Labute approximate surface area is 166 Å². The van der Waals surface area contributed by atoms with E-state index in [1.54, 1.807) is 7.11 Å². The molecule has 1 aromatic heterocycles. The minimum Gasteiger partial charge on any atom is -0.497 e. The summed E-state index contributed by atoms with van der Waals surface area (Å²) in [5, 5.41) is 0. The summed E-state index contributed by atoms with van der Waals surface area (Å²) < 4.78 is 8.19. The highest BCUT2D eigenvalue weighted by Gasteiger charge is 2.26. The summed E-state index contributed by atoms with van der Waals surface area (Å²) in [5.41, 5.74) is 3.26. The van der Waals surface area contributed by atoms with Gasteiger partial charge in [0, 0.05) is 16.6 Å². The molecule has 0 fully saturated rings. The first kappa shape index (κ1) is 17.8. The smallest absolute Gasteiger partial charge is 0.242 e. The molecule has 3 aromatic rings. The van der Waals surface area contributed by atoms with Crippen LogP contribution in [0, 0.1) is 0 Å². The van der Waals surface area contributed by atoms with Gasteiger partial charge < -0.3 is 14.2 Å². The number of carbonyl (C=O) groups is 1. The van der Waals surface area contributed by atoms with E-state index in [-0.39, 0.29) is 5.91 Å². The minimum atomic E-state index is 0.127. The lowest BCUT2D eigenvalue weighted by Gasteiger charge is -2.29. The first-order valence-corrected chi connectivity index (χ1v) is 9.65. The number of imidazole rings is 1. The highest BCUT2D eigenvalue weighted by Crippen LogP contribution is 2.29. The van der Waals surface area contributed by atoms with Gasteiger partial charge in [-0.15, -0.1) is 0 Å². The summed E-state index contributed by atoms with van der Waals surface area (Å²) in [7, 11) is 1.66. The minimum absolute atomic E-state index is 0.127. The van der Waals surface area contributed by atoms with Crippen molar-refractivity contribution in [3.63, 3.8) is 0 Å². The number of hydrogen-bond acceptors (Lipinski definition) is 3. The Kier molecular flexibility index (Phi) is 4.99. The van der Waals surface area contributed by atoms with E-state index < -0.39 is 0 Å². The molecular formula is C21H20BrN3O2. The number of benzene rings is 2. The van der Waals surface area contributed by atoms with Crippen molar-refractivity contribution in [3.05, 3.63) is 70.5 Å². The molecule has 0 atom stereocenters. The molecule has 6 heteroatoms. The molecule has 0 N–H and O–H groups in total. The number of carbonyl (C=O) groups excluding carboxylic acids is 1. The van der Waals surface area contributed by atoms with E-state index in [9.17, 15) is 4.79 Å². The number of rotatable bonds is 5. The van der Waals surface area contributed by atoms with E-state index >= 15 is 0 Å². The molecule has 5 nitrogen and oxygen atoms in total. The third-order valence-electron chi connectivity index (χ3n) is 4.88. The summed E-state index contributed by atoms with van der Waals surface area (Å²) >= 11 is 3.58. The van der Waals surface area contributed by atoms with Crippen molar-refractivity contribution in [3.8, 4) is 17.1 Å². The molecule has 27 heavy (non-hydrogen) atoms. The number of amides is 1. The third kappa shape index (κ3) is 3.62. The Morgan fingerprint density at radius 1 is 1.11 bits per heavy atom. The fourth-order valence-electron chi connectivity index (χ4n) is 3.35. The molecule has 0 unspecified atom stereocenters. The predicted molar refractivity (Wildman–Crippen MR) is 107 cm³/mol. The monoisotopic (exact) mass is 425 g/mol. The van der Waals surface area contributed by atoms with Gasteiger partial charge in [0.2, 0.25) is 5.91 Å². The maximum atomic E-state index is 12.7. The van der Waals surface area contributed by atoms with Gasteiger partial charge in [-0.05, 0) is 30.2 Å². The van der Waals surface area contributed by atoms with Gasteiger partial charge in [0.05, 0.1) is 25.5 Å². The van der Waals surface area contributed by atoms with E-state index in [1.165, 1.54) is 5.56 Å². The maximum Gasteiger partial charge on any atom is 0.242 e. The summed E-state index contributed by atoms with van der Waals surface area (Å²) in [6, 6.07) is 15.9. The maximum absolute atomic E-state index is 12.7. The van der Waals surface area contributed by atoms with Gasteiger partial charge in [0.1, 0.15) is 18.1 Å². The Hall–Kier alpha value is -2.60. The second-order valence-electron chi connectivity index (χ2n) is 6.55. The molecule has 1 amide bonds. The van der Waals surface area contributed by atoms with Crippen LogP contribution in [0.15, 0.2) is 59.2 Å². The molecule has 1 aliphatic heterocycles. The van der Waals surface area contributed by atoms with Gasteiger partial charge in [0.15, 0.2) is 0 Å². The second-order valence-corrected chi connectivity index (χ2v) is 7.41. The quantitative estimate of drug-likeness (QED) is 0.622. The first-order chi connectivity index (χ1) is 13.2. The van der Waals surface area contributed by atoms with Crippen LogP contribution in [0.5, 0.6) is 5.75 Å². The van der Waals surface area contributed by atoms with Crippen molar-refractivity contribution in [1.29, 1.82) is 0 Å². The predicted octanol–water partition coefficient (Wildman–Crippen LogP) is 3.91. The molecule has 4 rings (SSSR count). The van der Waals surface area contributed by atoms with Crippen LogP contribution in [0.2, 0.25) is 0 Å². The molecule has 0 spiro atoms. The number of nitrogens with zero attached hydrogens (tertiary/aromatic N) is 3. The highest BCUT2D eigenvalue weighted by molar-refractivity contribution is 9.10. The zero-order valence-electron chi connectivity index (χ0n) is 15.1. The van der Waals surface area contributed by atoms with Crippen molar-refractivity contribution in [2.24, 2.45) is 0 Å². The standard InChI is InChI=1S/C21H20BrN3O2/c1-27-17-8-6-15(7-9-17)10-11-24-13-16-12-23-21(25(16)14-20(24)26)18-4-2-3-5-19(18)22/h2-9,12H,10-11,13-14H2,1H3. The number of aromatic nitrogens is 2. The lowest BCUT2D eigenvalue weighted by molar-refractivity contribution is -0.134. The Morgan fingerprint density at radius 2 is 1.89 bits per heavy atom. The van der Waals surface area contributed by atoms with Crippen molar-refractivity contribution in [2.45, 2.75) is 19.5 Å².